The van der Waals surface area contributed by atoms with Crippen molar-refractivity contribution in [2.24, 2.45) is 0 Å². The zero-order valence-electron chi connectivity index (χ0n) is 21.7. The number of hydrogen-bond acceptors (Lipinski definition) is 8. The van der Waals surface area contributed by atoms with E-state index in [0.717, 1.165) is 55.9 Å². The first-order valence-electron chi connectivity index (χ1n) is 12.9. The van der Waals surface area contributed by atoms with E-state index in [2.05, 4.69) is 19.9 Å². The van der Waals surface area contributed by atoms with Gasteiger partial charge in [-0.15, -0.1) is 0 Å². The van der Waals surface area contributed by atoms with E-state index in [9.17, 15) is 18.7 Å². The van der Waals surface area contributed by atoms with Gasteiger partial charge in [-0.05, 0) is 43.1 Å². The summed E-state index contributed by atoms with van der Waals surface area (Å²) in [4.78, 5) is 19.6. The smallest absolute Gasteiger partial charge is 0.247 e. The maximum absolute atomic E-state index is 14.7. The molecule has 1 aliphatic heterocycles. The van der Waals surface area contributed by atoms with E-state index in [1.54, 1.807) is 29.7 Å². The average molecular weight is 545 g/mol. The van der Waals surface area contributed by atoms with Crippen LogP contribution < -0.4 is 10.2 Å². The van der Waals surface area contributed by atoms with Crippen LogP contribution in [-0.4, -0.2) is 86.7 Å². The Bertz CT molecular complexity index is 1190. The molecule has 4 rings (SSSR count). The van der Waals surface area contributed by atoms with Crippen LogP contribution >= 0.6 is 0 Å². The number of hydroxylamine groups is 1. The van der Waals surface area contributed by atoms with Gasteiger partial charge in [0.15, 0.2) is 0 Å². The van der Waals surface area contributed by atoms with E-state index >= 15 is 0 Å². The van der Waals surface area contributed by atoms with Gasteiger partial charge in [-0.25, -0.2) is 23.9 Å². The predicted octanol–water partition coefficient (Wildman–Crippen LogP) is 1.97. The Morgan fingerprint density at radius 1 is 1.03 bits per heavy atom. The van der Waals surface area contributed by atoms with Crippen LogP contribution in [0.2, 0.25) is 0 Å². The number of nitrogens with one attached hydrogen (secondary N) is 1. The number of aromatic nitrogens is 3. The van der Waals surface area contributed by atoms with E-state index in [1.165, 1.54) is 23.4 Å². The molecule has 2 aromatic carbocycles. The van der Waals surface area contributed by atoms with Crippen LogP contribution in [0.5, 0.6) is 5.75 Å². The summed E-state index contributed by atoms with van der Waals surface area (Å²) in [6, 6.07) is 10.4. The lowest BCUT2D eigenvalue weighted by atomic mass is 9.92. The molecule has 1 atom stereocenters. The fourth-order valence-electron chi connectivity index (χ4n) is 4.77. The number of β-amino-alcohol motifs (C(OH)–C–C–N with tert-alkyl or cyclic N) is 1. The van der Waals surface area contributed by atoms with Crippen molar-refractivity contribution in [2.45, 2.75) is 31.4 Å². The number of halogens is 2. The molecule has 0 saturated carbocycles. The number of aliphatic hydroxyl groups is 1. The molecule has 3 N–H and O–H groups in total. The highest BCUT2D eigenvalue weighted by Crippen LogP contribution is 2.28. The van der Waals surface area contributed by atoms with Crippen molar-refractivity contribution in [1.29, 1.82) is 0 Å². The molecule has 0 bridgehead atoms. The third-order valence-electron chi connectivity index (χ3n) is 6.82. The minimum absolute atomic E-state index is 0.00349. The molecule has 210 valence electrons. The second-order valence-electron chi connectivity index (χ2n) is 9.78. The van der Waals surface area contributed by atoms with Crippen LogP contribution in [0.1, 0.15) is 24.0 Å². The zero-order chi connectivity index (χ0) is 27.7. The van der Waals surface area contributed by atoms with Gasteiger partial charge in [0.1, 0.15) is 35.6 Å². The number of hydrogen-bond donors (Lipinski definition) is 3. The van der Waals surface area contributed by atoms with Crippen molar-refractivity contribution >= 4 is 5.91 Å². The van der Waals surface area contributed by atoms with Gasteiger partial charge >= 0.3 is 0 Å². The summed E-state index contributed by atoms with van der Waals surface area (Å²) in [5.41, 5.74) is 0.832. The maximum Gasteiger partial charge on any atom is 0.247 e. The largest absolute Gasteiger partial charge is 0.494 e. The van der Waals surface area contributed by atoms with Crippen LogP contribution in [0.4, 0.5) is 8.78 Å². The average Bonchev–Trinajstić information content (AvgIpc) is 3.43. The first-order valence-corrected chi connectivity index (χ1v) is 12.9. The van der Waals surface area contributed by atoms with Crippen LogP contribution in [0.25, 0.3) is 0 Å². The molecule has 1 aliphatic rings. The highest BCUT2D eigenvalue weighted by Gasteiger charge is 2.36. The number of carbonyl (C=O) groups is 1. The van der Waals surface area contributed by atoms with Crippen LogP contribution in [-0.2, 0) is 23.4 Å². The lowest BCUT2D eigenvalue weighted by Crippen LogP contribution is -2.52. The van der Waals surface area contributed by atoms with Gasteiger partial charge in [0.05, 0.1) is 19.6 Å². The number of piperazine rings is 1. The van der Waals surface area contributed by atoms with Crippen molar-refractivity contribution in [1.82, 2.24) is 30.0 Å². The number of ether oxygens (including phenoxy) is 1. The SMILES string of the molecule is O=C(Cc1ccc(OCCCCN2CCN(CC(O)(Cn3cncn3)c3ccc(F)cc3F)CC2)cc1)NO. The topological polar surface area (TPSA) is 116 Å². The lowest BCUT2D eigenvalue weighted by Gasteiger charge is -2.39. The molecule has 0 aliphatic carbocycles. The Kier molecular flexibility index (Phi) is 9.93. The molecule has 0 radical (unpaired) electrons. The summed E-state index contributed by atoms with van der Waals surface area (Å²) in [7, 11) is 0. The molecule has 1 unspecified atom stereocenters. The van der Waals surface area contributed by atoms with E-state index in [0.29, 0.717) is 19.7 Å². The molecule has 10 nitrogen and oxygen atoms in total. The third-order valence-corrected chi connectivity index (χ3v) is 6.82. The normalized spacial score (nSPS) is 16.1. The minimum Gasteiger partial charge on any atom is -0.494 e. The molecule has 1 amide bonds. The van der Waals surface area contributed by atoms with Crippen molar-refractivity contribution in [3.63, 3.8) is 0 Å². The molecule has 1 saturated heterocycles. The first kappa shape index (κ1) is 28.6. The summed E-state index contributed by atoms with van der Waals surface area (Å²) < 4.78 is 35.4. The standard InChI is InChI=1S/C27H34F2N6O4/c28-22-5-8-24(25(29)16-22)27(37,18-35-20-30-19-31-35)17-34-12-10-33(11-13-34)9-1-2-14-39-23-6-3-21(4-7-23)15-26(36)32-38/h3-8,16,19-20,37-38H,1-2,9-15,17-18H2,(H,32,36). The maximum atomic E-state index is 14.7. The number of unbranched alkanes of at least 4 members (excludes halogenated alkanes) is 1. The first-order chi connectivity index (χ1) is 18.8. The highest BCUT2D eigenvalue weighted by atomic mass is 19.1. The Labute approximate surface area is 225 Å². The van der Waals surface area contributed by atoms with E-state index < -0.39 is 23.1 Å². The molecule has 2 heterocycles. The quantitative estimate of drug-likeness (QED) is 0.170. The molecular weight excluding hydrogens is 510 g/mol. The molecule has 3 aromatic rings. The summed E-state index contributed by atoms with van der Waals surface area (Å²) in [5, 5.41) is 24.2. The monoisotopic (exact) mass is 544 g/mol. The molecule has 1 aromatic heterocycles. The van der Waals surface area contributed by atoms with Gasteiger partial charge in [0.25, 0.3) is 0 Å². The minimum atomic E-state index is -1.60. The Morgan fingerprint density at radius 2 is 1.77 bits per heavy atom. The number of benzene rings is 2. The molecule has 0 spiro atoms. The number of amides is 1. The van der Waals surface area contributed by atoms with Crippen molar-refractivity contribution in [2.75, 3.05) is 45.9 Å². The molecule has 39 heavy (non-hydrogen) atoms. The predicted molar refractivity (Wildman–Crippen MR) is 138 cm³/mol. The fraction of sp³-hybridized carbons (Fsp3) is 0.444. The van der Waals surface area contributed by atoms with E-state index in [-0.39, 0.29) is 25.1 Å². The Balaban J connectivity index is 1.20. The van der Waals surface area contributed by atoms with Gasteiger partial charge in [-0.2, -0.15) is 5.10 Å². The summed E-state index contributed by atoms with van der Waals surface area (Å²) in [6.45, 7) is 4.72. The van der Waals surface area contributed by atoms with Gasteiger partial charge in [0.2, 0.25) is 5.91 Å². The zero-order valence-corrected chi connectivity index (χ0v) is 21.7. The summed E-state index contributed by atoms with van der Waals surface area (Å²) in [6.07, 6.45) is 4.77. The number of carbonyl (C=O) groups excluding carboxylic acids is 1. The Hall–Kier alpha value is -3.45. The van der Waals surface area contributed by atoms with Crippen molar-refractivity contribution < 1.29 is 28.6 Å². The van der Waals surface area contributed by atoms with Gasteiger partial charge < -0.3 is 14.7 Å². The van der Waals surface area contributed by atoms with Gasteiger partial charge in [-0.3, -0.25) is 14.9 Å². The van der Waals surface area contributed by atoms with Gasteiger partial charge in [-0.1, -0.05) is 18.2 Å². The number of rotatable bonds is 13. The fourth-order valence-corrected chi connectivity index (χ4v) is 4.77. The second kappa shape index (κ2) is 13.6. The summed E-state index contributed by atoms with van der Waals surface area (Å²) >= 11 is 0. The van der Waals surface area contributed by atoms with E-state index in [4.69, 9.17) is 9.94 Å². The number of nitrogens with zero attached hydrogens (tertiary/aromatic N) is 5. The summed E-state index contributed by atoms with van der Waals surface area (Å²) in [5.74, 6) is -1.22. The van der Waals surface area contributed by atoms with Crippen molar-refractivity contribution in [3.05, 3.63) is 77.9 Å². The Morgan fingerprint density at radius 3 is 2.44 bits per heavy atom. The molecular formula is C27H34F2N6O4. The molecule has 1 fully saturated rings. The van der Waals surface area contributed by atoms with Crippen LogP contribution in [0, 0.1) is 11.6 Å². The second-order valence-corrected chi connectivity index (χ2v) is 9.78. The highest BCUT2D eigenvalue weighted by molar-refractivity contribution is 5.77. The van der Waals surface area contributed by atoms with Crippen LogP contribution in [0.3, 0.4) is 0 Å². The van der Waals surface area contributed by atoms with Crippen LogP contribution in [0.15, 0.2) is 55.1 Å². The molecule has 12 heteroatoms. The van der Waals surface area contributed by atoms with E-state index in [1.807, 2.05) is 0 Å². The third kappa shape index (κ3) is 8.27. The lowest BCUT2D eigenvalue weighted by molar-refractivity contribution is -0.128. The van der Waals surface area contributed by atoms with Crippen molar-refractivity contribution in [3.8, 4) is 5.75 Å². The van der Waals surface area contributed by atoms with Gasteiger partial charge in [0, 0.05) is 44.4 Å².